The first-order valence-electron chi connectivity index (χ1n) is 16.3. The molecule has 10 rings (SSSR count). The molecule has 0 amide bonds. The van der Waals surface area contributed by atoms with Gasteiger partial charge in [0.1, 0.15) is 0 Å². The molecule has 0 saturated carbocycles. The second-order valence-electron chi connectivity index (χ2n) is 12.2. The van der Waals surface area contributed by atoms with Gasteiger partial charge in [0.25, 0.3) is 0 Å². The van der Waals surface area contributed by atoms with Crippen LogP contribution in [0.25, 0.3) is 88.5 Å². The van der Waals surface area contributed by atoms with Gasteiger partial charge in [0.05, 0.1) is 33.3 Å². The molecule has 0 N–H and O–H groups in total. The molecule has 10 aromatic rings. The minimum atomic E-state index is 0.662. The molecule has 0 radical (unpaired) electrons. The Morgan fingerprint density at radius 2 is 0.938 bits per heavy atom. The molecule has 0 aliphatic carbocycles. The van der Waals surface area contributed by atoms with Gasteiger partial charge in [-0.2, -0.15) is 0 Å². The first-order valence-corrected chi connectivity index (χ1v) is 16.3. The number of benzene rings is 7. The zero-order valence-corrected chi connectivity index (χ0v) is 26.0. The van der Waals surface area contributed by atoms with Crippen molar-refractivity contribution >= 4 is 54.5 Å². The maximum absolute atomic E-state index is 5.35. The van der Waals surface area contributed by atoms with E-state index >= 15 is 0 Å². The van der Waals surface area contributed by atoms with Crippen molar-refractivity contribution in [3.05, 3.63) is 170 Å². The maximum Gasteiger partial charge on any atom is 0.235 e. The fraction of sp³-hybridized carbons (Fsp3) is 0. The predicted octanol–water partition coefficient (Wildman–Crippen LogP) is 11.2. The van der Waals surface area contributed by atoms with Crippen molar-refractivity contribution in [3.63, 3.8) is 0 Å². The summed E-state index contributed by atoms with van der Waals surface area (Å²) in [6.45, 7) is 0. The Hall–Kier alpha value is -6.52. The Morgan fingerprint density at radius 1 is 0.354 bits per heavy atom. The smallest absolute Gasteiger partial charge is 0.235 e. The number of nitrogens with zero attached hydrogens (tertiary/aromatic N) is 4. The van der Waals surface area contributed by atoms with E-state index in [9.17, 15) is 0 Å². The van der Waals surface area contributed by atoms with Crippen molar-refractivity contribution in [2.24, 2.45) is 0 Å². The van der Waals surface area contributed by atoms with Crippen LogP contribution in [0.1, 0.15) is 0 Å². The normalized spacial score (nSPS) is 11.8. The highest BCUT2D eigenvalue weighted by molar-refractivity contribution is 6.26. The van der Waals surface area contributed by atoms with Gasteiger partial charge in [-0.3, -0.25) is 4.57 Å². The summed E-state index contributed by atoms with van der Waals surface area (Å²) in [6, 6.07) is 60.0. The van der Waals surface area contributed by atoms with Crippen LogP contribution in [0.3, 0.4) is 0 Å². The Bertz CT molecular complexity index is 2810. The predicted molar refractivity (Wildman–Crippen MR) is 199 cm³/mol. The van der Waals surface area contributed by atoms with Crippen molar-refractivity contribution < 1.29 is 0 Å². The third-order valence-corrected chi connectivity index (χ3v) is 9.54. The lowest BCUT2D eigenvalue weighted by atomic mass is 10.1. The second-order valence-corrected chi connectivity index (χ2v) is 12.2. The summed E-state index contributed by atoms with van der Waals surface area (Å²) in [5, 5.41) is 5.77. The Balaban J connectivity index is 1.31. The van der Waals surface area contributed by atoms with Crippen LogP contribution in [0.15, 0.2) is 170 Å². The molecular weight excluding hydrogens is 585 g/mol. The van der Waals surface area contributed by atoms with Gasteiger partial charge in [-0.1, -0.05) is 133 Å². The second kappa shape index (κ2) is 10.5. The van der Waals surface area contributed by atoms with Crippen molar-refractivity contribution in [2.45, 2.75) is 0 Å². The van der Waals surface area contributed by atoms with Gasteiger partial charge in [0.15, 0.2) is 0 Å². The fourth-order valence-corrected chi connectivity index (χ4v) is 7.41. The molecule has 0 aliphatic rings. The summed E-state index contributed by atoms with van der Waals surface area (Å²) in [5.74, 6) is 0.662. The lowest BCUT2D eigenvalue weighted by Crippen LogP contribution is -2.03. The molecule has 4 nitrogen and oxygen atoms in total. The van der Waals surface area contributed by atoms with Crippen LogP contribution < -0.4 is 0 Å². The van der Waals surface area contributed by atoms with E-state index in [1.54, 1.807) is 0 Å². The third kappa shape index (κ3) is 3.96. The molecule has 4 heteroatoms. The Morgan fingerprint density at radius 3 is 1.69 bits per heavy atom. The molecule has 224 valence electrons. The van der Waals surface area contributed by atoms with Gasteiger partial charge < -0.3 is 4.57 Å². The van der Waals surface area contributed by atoms with Gasteiger partial charge in [-0.25, -0.2) is 9.97 Å². The van der Waals surface area contributed by atoms with Gasteiger partial charge in [-0.05, 0) is 47.5 Å². The van der Waals surface area contributed by atoms with Crippen LogP contribution in [0.4, 0.5) is 0 Å². The van der Waals surface area contributed by atoms with Gasteiger partial charge in [0, 0.05) is 38.2 Å². The van der Waals surface area contributed by atoms with E-state index in [0.29, 0.717) is 5.95 Å². The van der Waals surface area contributed by atoms with Crippen LogP contribution >= 0.6 is 0 Å². The van der Waals surface area contributed by atoms with E-state index in [-0.39, 0.29) is 0 Å². The molecule has 7 aromatic carbocycles. The first-order chi connectivity index (χ1) is 23.8. The lowest BCUT2D eigenvalue weighted by Gasteiger charge is -2.12. The third-order valence-electron chi connectivity index (χ3n) is 9.54. The van der Waals surface area contributed by atoms with Crippen molar-refractivity contribution in [3.8, 4) is 34.0 Å². The minimum absolute atomic E-state index is 0.662. The SMILES string of the molecule is c1ccc(-c2ccc(-n3c4ccccc4c4c3ccc3c5ccccc5n(-c5nc(-c6ccccc6)c6ccccc6n5)c34)cc2)cc1. The molecule has 3 aromatic heterocycles. The highest BCUT2D eigenvalue weighted by Gasteiger charge is 2.22. The molecule has 0 aliphatic heterocycles. The summed E-state index contributed by atoms with van der Waals surface area (Å²) < 4.78 is 4.67. The summed E-state index contributed by atoms with van der Waals surface area (Å²) in [5.41, 5.74) is 10.9. The topological polar surface area (TPSA) is 35.6 Å². The highest BCUT2D eigenvalue weighted by Crippen LogP contribution is 2.42. The number of hydrogen-bond acceptors (Lipinski definition) is 2. The summed E-state index contributed by atoms with van der Waals surface area (Å²) in [7, 11) is 0. The van der Waals surface area contributed by atoms with Gasteiger partial charge >= 0.3 is 0 Å². The fourth-order valence-electron chi connectivity index (χ4n) is 7.41. The van der Waals surface area contributed by atoms with Crippen molar-refractivity contribution in [2.75, 3.05) is 0 Å². The molecule has 0 spiro atoms. The highest BCUT2D eigenvalue weighted by atomic mass is 15.2. The van der Waals surface area contributed by atoms with E-state index in [0.717, 1.165) is 49.9 Å². The number of para-hydroxylation sites is 3. The van der Waals surface area contributed by atoms with Crippen LogP contribution in [0, 0.1) is 0 Å². The maximum atomic E-state index is 5.35. The number of rotatable bonds is 4. The number of hydrogen-bond donors (Lipinski definition) is 0. The molecule has 3 heterocycles. The van der Waals surface area contributed by atoms with Gasteiger partial charge in [-0.15, -0.1) is 0 Å². The van der Waals surface area contributed by atoms with Gasteiger partial charge in [0.2, 0.25) is 5.95 Å². The standard InChI is InChI=1S/C44H28N4/c1-3-13-29(14-4-1)30-23-25-32(26-24-30)47-39-22-12-9-19-36(39)41-40(47)28-27-34-33-17-8-11-21-38(33)48(43(34)41)44-45-37-20-10-7-18-35(37)42(46-44)31-15-5-2-6-16-31/h1-28H. The molecule has 48 heavy (non-hydrogen) atoms. The quantitative estimate of drug-likeness (QED) is 0.198. The van der Waals surface area contributed by atoms with Crippen molar-refractivity contribution in [1.82, 2.24) is 19.1 Å². The van der Waals surface area contributed by atoms with E-state index in [1.165, 1.54) is 32.7 Å². The van der Waals surface area contributed by atoms with E-state index in [4.69, 9.17) is 9.97 Å². The average molecular weight is 613 g/mol. The van der Waals surface area contributed by atoms with E-state index in [1.807, 2.05) is 6.07 Å². The summed E-state index contributed by atoms with van der Waals surface area (Å²) in [6.07, 6.45) is 0. The van der Waals surface area contributed by atoms with Crippen LogP contribution in [0.5, 0.6) is 0 Å². The molecule has 0 bridgehead atoms. The van der Waals surface area contributed by atoms with Crippen LogP contribution in [-0.2, 0) is 0 Å². The zero-order valence-electron chi connectivity index (χ0n) is 26.0. The largest absolute Gasteiger partial charge is 0.309 e. The number of fused-ring (bicyclic) bond motifs is 8. The minimum Gasteiger partial charge on any atom is -0.309 e. The zero-order chi connectivity index (χ0) is 31.6. The summed E-state index contributed by atoms with van der Waals surface area (Å²) >= 11 is 0. The monoisotopic (exact) mass is 612 g/mol. The Kier molecular flexibility index (Phi) is 5.84. The lowest BCUT2D eigenvalue weighted by molar-refractivity contribution is 1.02. The molecule has 0 unspecified atom stereocenters. The molecular formula is C44H28N4. The first kappa shape index (κ1) is 26.7. The van der Waals surface area contributed by atoms with Crippen LogP contribution in [0.2, 0.25) is 0 Å². The van der Waals surface area contributed by atoms with Crippen molar-refractivity contribution in [1.29, 1.82) is 0 Å². The number of aromatic nitrogens is 4. The molecule has 0 atom stereocenters. The molecule has 0 fully saturated rings. The summed E-state index contributed by atoms with van der Waals surface area (Å²) in [4.78, 5) is 10.6. The molecule has 0 saturated heterocycles. The average Bonchev–Trinajstić information content (AvgIpc) is 3.68. The van der Waals surface area contributed by atoms with Crippen LogP contribution in [-0.4, -0.2) is 19.1 Å². The Labute approximate surface area is 276 Å². The van der Waals surface area contributed by atoms with E-state index < -0.39 is 0 Å². The van der Waals surface area contributed by atoms with E-state index in [2.05, 4.69) is 173 Å².